The van der Waals surface area contributed by atoms with E-state index in [-0.39, 0.29) is 11.3 Å². The Balaban J connectivity index is 2.53. The van der Waals surface area contributed by atoms with Gasteiger partial charge < -0.3 is 9.84 Å². The van der Waals surface area contributed by atoms with Crippen molar-refractivity contribution >= 4 is 11.3 Å². The topological polar surface area (TPSA) is 29.5 Å². The molecule has 0 saturated carbocycles. The van der Waals surface area contributed by atoms with Gasteiger partial charge in [-0.3, -0.25) is 0 Å². The van der Waals surface area contributed by atoms with Gasteiger partial charge in [0.05, 0.1) is 7.11 Å². The zero-order valence-electron chi connectivity index (χ0n) is 10.5. The number of rotatable bonds is 3. The molecule has 2 nitrogen and oxygen atoms in total. The first-order valence-corrected chi connectivity index (χ1v) is 6.40. The predicted octanol–water partition coefficient (Wildman–Crippen LogP) is 3.46. The summed E-state index contributed by atoms with van der Waals surface area (Å²) < 4.78 is 19.1. The highest BCUT2D eigenvalue weighted by atomic mass is 32.1. The number of hydrogen-bond acceptors (Lipinski definition) is 3. The number of hydrogen-bond donors (Lipinski definition) is 1. The molecule has 1 N–H and O–H groups in total. The van der Waals surface area contributed by atoms with Gasteiger partial charge in [0.15, 0.2) is 11.6 Å². The van der Waals surface area contributed by atoms with E-state index in [0.29, 0.717) is 4.88 Å². The highest BCUT2D eigenvalue weighted by Crippen LogP contribution is 2.37. The quantitative estimate of drug-likeness (QED) is 0.922. The third-order valence-electron chi connectivity index (χ3n) is 2.93. The third kappa shape index (κ3) is 2.13. The van der Waals surface area contributed by atoms with E-state index in [2.05, 4.69) is 0 Å². The van der Waals surface area contributed by atoms with E-state index < -0.39 is 11.4 Å². The Labute approximate surface area is 110 Å². The molecule has 0 spiro atoms. The van der Waals surface area contributed by atoms with Crippen LogP contribution in [-0.4, -0.2) is 12.2 Å². The minimum atomic E-state index is -1.35. The maximum atomic E-state index is 14.2. The first kappa shape index (κ1) is 13.1. The fourth-order valence-corrected chi connectivity index (χ4v) is 2.80. The van der Waals surface area contributed by atoms with Crippen molar-refractivity contribution in [3.8, 4) is 5.75 Å². The van der Waals surface area contributed by atoms with Crippen LogP contribution in [-0.2, 0) is 5.60 Å². The van der Waals surface area contributed by atoms with Crippen LogP contribution < -0.4 is 4.74 Å². The van der Waals surface area contributed by atoms with Crippen molar-refractivity contribution in [3.05, 3.63) is 51.5 Å². The zero-order valence-corrected chi connectivity index (χ0v) is 11.3. The van der Waals surface area contributed by atoms with Gasteiger partial charge in [-0.25, -0.2) is 4.39 Å². The van der Waals surface area contributed by atoms with Gasteiger partial charge in [-0.05, 0) is 32.0 Å². The molecular weight excluding hydrogens is 251 g/mol. The van der Waals surface area contributed by atoms with Crippen molar-refractivity contribution in [3.63, 3.8) is 0 Å². The molecule has 2 rings (SSSR count). The molecule has 0 radical (unpaired) electrons. The molecule has 0 saturated heterocycles. The van der Waals surface area contributed by atoms with Crippen LogP contribution in [0.25, 0.3) is 0 Å². The molecule has 0 bridgehead atoms. The molecule has 0 amide bonds. The lowest BCUT2D eigenvalue weighted by Crippen LogP contribution is -2.23. The van der Waals surface area contributed by atoms with Crippen LogP contribution in [0.3, 0.4) is 0 Å². The molecule has 1 atom stereocenters. The summed E-state index contributed by atoms with van der Waals surface area (Å²) in [5, 5.41) is 10.6. The van der Waals surface area contributed by atoms with Gasteiger partial charge in [-0.15, -0.1) is 11.3 Å². The number of aliphatic hydroxyl groups is 1. The van der Waals surface area contributed by atoms with Crippen LogP contribution in [0.5, 0.6) is 5.75 Å². The highest BCUT2D eigenvalue weighted by Gasteiger charge is 2.31. The lowest BCUT2D eigenvalue weighted by Gasteiger charge is -2.23. The van der Waals surface area contributed by atoms with Gasteiger partial charge >= 0.3 is 0 Å². The number of benzene rings is 1. The SMILES string of the molecule is COc1cccc(C(C)(O)c2ccc(C)s2)c1F. The van der Waals surface area contributed by atoms with Crippen LogP contribution in [0, 0.1) is 12.7 Å². The van der Waals surface area contributed by atoms with Crippen LogP contribution in [0.2, 0.25) is 0 Å². The summed E-state index contributed by atoms with van der Waals surface area (Å²) in [6, 6.07) is 8.51. The van der Waals surface area contributed by atoms with Crippen molar-refractivity contribution in [1.29, 1.82) is 0 Å². The lowest BCUT2D eigenvalue weighted by molar-refractivity contribution is 0.101. The zero-order chi connectivity index (χ0) is 13.3. The second-order valence-corrected chi connectivity index (χ2v) is 5.59. The number of ether oxygens (including phenoxy) is 1. The van der Waals surface area contributed by atoms with Gasteiger partial charge in [-0.1, -0.05) is 12.1 Å². The van der Waals surface area contributed by atoms with E-state index in [1.807, 2.05) is 19.1 Å². The van der Waals surface area contributed by atoms with E-state index in [9.17, 15) is 9.50 Å². The van der Waals surface area contributed by atoms with Gasteiger partial charge in [-0.2, -0.15) is 0 Å². The van der Waals surface area contributed by atoms with Gasteiger partial charge in [0.2, 0.25) is 0 Å². The van der Waals surface area contributed by atoms with Gasteiger partial charge in [0.25, 0.3) is 0 Å². The third-order valence-corrected chi connectivity index (χ3v) is 4.14. The van der Waals surface area contributed by atoms with Crippen LogP contribution in [0.4, 0.5) is 4.39 Å². The molecule has 1 aromatic heterocycles. The Kier molecular flexibility index (Phi) is 3.41. The van der Waals surface area contributed by atoms with E-state index >= 15 is 0 Å². The average Bonchev–Trinajstić information content (AvgIpc) is 2.76. The van der Waals surface area contributed by atoms with Crippen molar-refractivity contribution in [2.75, 3.05) is 7.11 Å². The molecule has 0 fully saturated rings. The molecule has 18 heavy (non-hydrogen) atoms. The summed E-state index contributed by atoms with van der Waals surface area (Å²) in [5.74, 6) is -0.378. The van der Waals surface area contributed by atoms with Crippen molar-refractivity contribution in [1.82, 2.24) is 0 Å². The van der Waals surface area contributed by atoms with Crippen LogP contribution in [0.15, 0.2) is 30.3 Å². The summed E-state index contributed by atoms with van der Waals surface area (Å²) >= 11 is 1.45. The molecule has 2 aromatic rings. The average molecular weight is 266 g/mol. The lowest BCUT2D eigenvalue weighted by atomic mass is 9.93. The maximum Gasteiger partial charge on any atom is 0.171 e. The minimum absolute atomic E-state index is 0.140. The fraction of sp³-hybridized carbons (Fsp3) is 0.286. The smallest absolute Gasteiger partial charge is 0.171 e. The van der Waals surface area contributed by atoms with E-state index in [0.717, 1.165) is 4.88 Å². The van der Waals surface area contributed by atoms with Crippen LogP contribution >= 0.6 is 11.3 Å². The Bertz CT molecular complexity index is 561. The molecule has 1 unspecified atom stereocenters. The normalized spacial score (nSPS) is 14.3. The molecule has 1 heterocycles. The summed E-state index contributed by atoms with van der Waals surface area (Å²) in [5.41, 5.74) is -1.12. The predicted molar refractivity (Wildman–Crippen MR) is 70.7 cm³/mol. The van der Waals surface area contributed by atoms with Crippen molar-refractivity contribution < 1.29 is 14.2 Å². The number of halogens is 1. The first-order chi connectivity index (χ1) is 8.46. The molecule has 0 aliphatic rings. The number of aryl methyl sites for hydroxylation is 1. The maximum absolute atomic E-state index is 14.2. The Morgan fingerprint density at radius 3 is 2.56 bits per heavy atom. The molecule has 1 aromatic carbocycles. The molecule has 0 aliphatic heterocycles. The van der Waals surface area contributed by atoms with Crippen molar-refractivity contribution in [2.24, 2.45) is 0 Å². The van der Waals surface area contributed by atoms with E-state index in [4.69, 9.17) is 4.74 Å². The number of methoxy groups -OCH3 is 1. The molecule has 0 aliphatic carbocycles. The largest absolute Gasteiger partial charge is 0.494 e. The van der Waals surface area contributed by atoms with Crippen LogP contribution in [0.1, 0.15) is 22.2 Å². The van der Waals surface area contributed by atoms with Gasteiger partial charge in [0.1, 0.15) is 5.60 Å². The van der Waals surface area contributed by atoms with E-state index in [1.165, 1.54) is 24.5 Å². The second-order valence-electron chi connectivity index (χ2n) is 4.30. The van der Waals surface area contributed by atoms with Crippen molar-refractivity contribution in [2.45, 2.75) is 19.4 Å². The second kappa shape index (κ2) is 4.71. The fourth-order valence-electron chi connectivity index (χ4n) is 1.87. The summed E-state index contributed by atoms with van der Waals surface area (Å²) in [4.78, 5) is 1.79. The molecule has 4 heteroatoms. The van der Waals surface area contributed by atoms with E-state index in [1.54, 1.807) is 19.1 Å². The monoisotopic (exact) mass is 266 g/mol. The summed E-state index contributed by atoms with van der Waals surface area (Å²) in [6.45, 7) is 3.54. The van der Waals surface area contributed by atoms with Gasteiger partial charge in [0, 0.05) is 15.3 Å². The highest BCUT2D eigenvalue weighted by molar-refractivity contribution is 7.12. The molecular formula is C14H15FO2S. The number of thiophene rings is 1. The summed E-state index contributed by atoms with van der Waals surface area (Å²) in [6.07, 6.45) is 0. The minimum Gasteiger partial charge on any atom is -0.494 e. The molecule has 96 valence electrons. The Morgan fingerprint density at radius 2 is 2.00 bits per heavy atom. The summed E-state index contributed by atoms with van der Waals surface area (Å²) in [7, 11) is 1.41. The standard InChI is InChI=1S/C14H15FO2S/c1-9-7-8-12(18-9)14(2,16)10-5-4-6-11(17-3)13(10)15/h4-8,16H,1-3H3. The first-order valence-electron chi connectivity index (χ1n) is 5.59. The Morgan fingerprint density at radius 1 is 1.28 bits per heavy atom. The Hall–Kier alpha value is -1.39.